The second-order valence-electron chi connectivity index (χ2n) is 5.04. The predicted molar refractivity (Wildman–Crippen MR) is 96.0 cm³/mol. The van der Waals surface area contributed by atoms with E-state index in [1.54, 1.807) is 11.3 Å². The molecule has 2 rings (SSSR count). The molecule has 0 aliphatic carbocycles. The number of likely N-dealkylation sites (N-methyl/N-ethyl adjacent to an activating group) is 1. The Morgan fingerprint density at radius 3 is 2.71 bits per heavy atom. The molecule has 2 aromatic rings. The maximum Gasteiger partial charge on any atom is 0.0853 e. The molecule has 7 heteroatoms. The lowest BCUT2D eigenvalue weighted by molar-refractivity contribution is 0.365. The van der Waals surface area contributed by atoms with E-state index in [1.807, 2.05) is 6.20 Å². The van der Waals surface area contributed by atoms with Crippen LogP contribution in [0.15, 0.2) is 26.6 Å². The Morgan fingerprint density at radius 1 is 1.38 bits per heavy atom. The molecule has 0 saturated carbocycles. The van der Waals surface area contributed by atoms with Crippen molar-refractivity contribution >= 4 is 43.2 Å². The molecule has 1 unspecified atom stereocenters. The van der Waals surface area contributed by atoms with Crippen LogP contribution in [0, 0.1) is 0 Å². The molecule has 1 atom stereocenters. The van der Waals surface area contributed by atoms with Crippen molar-refractivity contribution in [1.29, 1.82) is 0 Å². The van der Waals surface area contributed by atoms with Gasteiger partial charge in [0.1, 0.15) is 0 Å². The van der Waals surface area contributed by atoms with E-state index >= 15 is 0 Å². The van der Waals surface area contributed by atoms with Crippen LogP contribution < -0.4 is 5.32 Å². The van der Waals surface area contributed by atoms with Crippen LogP contribution in [-0.4, -0.2) is 41.9 Å². The largest absolute Gasteiger partial charge is 0.308 e. The number of nitrogens with zero attached hydrogens (tertiary/aromatic N) is 3. The molecule has 116 valence electrons. The lowest BCUT2D eigenvalue weighted by Gasteiger charge is -2.20. The first kappa shape index (κ1) is 17.1. The van der Waals surface area contributed by atoms with Gasteiger partial charge in [-0.05, 0) is 64.6 Å². The lowest BCUT2D eigenvalue weighted by atomic mass is 10.1. The van der Waals surface area contributed by atoms with Crippen molar-refractivity contribution in [2.24, 2.45) is 0 Å². The molecule has 1 N–H and O–H groups in total. The Balaban J connectivity index is 2.33. The highest BCUT2D eigenvalue weighted by Crippen LogP contribution is 2.34. The number of hydrogen-bond donors (Lipinski definition) is 1. The second-order valence-corrected chi connectivity index (χ2v) is 8.39. The SMILES string of the molecule is CCNC(c1ccc(Br)s1)c1c(Br)cnn1CCN(C)C. The molecule has 4 nitrogen and oxygen atoms in total. The lowest BCUT2D eigenvalue weighted by Crippen LogP contribution is -2.27. The summed E-state index contributed by atoms with van der Waals surface area (Å²) in [5, 5.41) is 8.09. The van der Waals surface area contributed by atoms with Crippen LogP contribution in [-0.2, 0) is 6.54 Å². The number of halogens is 2. The van der Waals surface area contributed by atoms with Crippen molar-refractivity contribution in [3.05, 3.63) is 37.2 Å². The van der Waals surface area contributed by atoms with Gasteiger partial charge in [-0.3, -0.25) is 4.68 Å². The van der Waals surface area contributed by atoms with Gasteiger partial charge in [-0.15, -0.1) is 11.3 Å². The highest BCUT2D eigenvalue weighted by Gasteiger charge is 2.22. The van der Waals surface area contributed by atoms with E-state index < -0.39 is 0 Å². The molecular formula is C14H20Br2N4S. The van der Waals surface area contributed by atoms with Crippen LogP contribution >= 0.6 is 43.2 Å². The van der Waals surface area contributed by atoms with E-state index in [0.717, 1.165) is 27.9 Å². The van der Waals surface area contributed by atoms with Crippen molar-refractivity contribution in [3.63, 3.8) is 0 Å². The summed E-state index contributed by atoms with van der Waals surface area (Å²) in [7, 11) is 4.16. The van der Waals surface area contributed by atoms with Crippen LogP contribution in [0.1, 0.15) is 23.5 Å². The van der Waals surface area contributed by atoms with E-state index in [0.29, 0.717) is 0 Å². The number of hydrogen-bond acceptors (Lipinski definition) is 4. The zero-order chi connectivity index (χ0) is 15.4. The molecule has 0 spiro atoms. The third-order valence-electron chi connectivity index (χ3n) is 3.15. The van der Waals surface area contributed by atoms with Gasteiger partial charge in [-0.25, -0.2) is 0 Å². The summed E-state index contributed by atoms with van der Waals surface area (Å²) >= 11 is 8.96. The molecule has 2 heterocycles. The van der Waals surface area contributed by atoms with Gasteiger partial charge < -0.3 is 10.2 Å². The predicted octanol–water partition coefficient (Wildman–Crippen LogP) is 3.73. The first-order valence-corrected chi connectivity index (χ1v) is 9.27. The van der Waals surface area contributed by atoms with Gasteiger partial charge in [0.05, 0.1) is 32.7 Å². The summed E-state index contributed by atoms with van der Waals surface area (Å²) in [6.45, 7) is 4.88. The van der Waals surface area contributed by atoms with Crippen LogP contribution in [0.3, 0.4) is 0 Å². The minimum Gasteiger partial charge on any atom is -0.308 e. The summed E-state index contributed by atoms with van der Waals surface area (Å²) in [5.74, 6) is 0. The fourth-order valence-electron chi connectivity index (χ4n) is 2.15. The highest BCUT2D eigenvalue weighted by molar-refractivity contribution is 9.11. The van der Waals surface area contributed by atoms with Crippen LogP contribution in [0.4, 0.5) is 0 Å². The summed E-state index contributed by atoms with van der Waals surface area (Å²) in [5.41, 5.74) is 1.19. The van der Waals surface area contributed by atoms with E-state index in [9.17, 15) is 0 Å². The maximum absolute atomic E-state index is 4.52. The van der Waals surface area contributed by atoms with Gasteiger partial charge in [0, 0.05) is 11.4 Å². The third kappa shape index (κ3) is 4.39. The Bertz CT molecular complexity index is 579. The number of nitrogens with one attached hydrogen (secondary N) is 1. The van der Waals surface area contributed by atoms with Crippen molar-refractivity contribution in [2.45, 2.75) is 19.5 Å². The summed E-state index contributed by atoms with van der Waals surface area (Å²) in [4.78, 5) is 3.46. The first-order valence-electron chi connectivity index (χ1n) is 6.87. The molecule has 0 aliphatic rings. The fraction of sp³-hybridized carbons (Fsp3) is 0.500. The Hall–Kier alpha value is -0.210. The monoisotopic (exact) mass is 434 g/mol. The molecule has 0 saturated heterocycles. The average molecular weight is 436 g/mol. The molecule has 21 heavy (non-hydrogen) atoms. The highest BCUT2D eigenvalue weighted by atomic mass is 79.9. The number of rotatable bonds is 7. The Morgan fingerprint density at radius 2 is 2.14 bits per heavy atom. The summed E-state index contributed by atoms with van der Waals surface area (Å²) in [6.07, 6.45) is 1.89. The summed E-state index contributed by atoms with van der Waals surface area (Å²) < 4.78 is 4.29. The average Bonchev–Trinajstić information content (AvgIpc) is 3.00. The van der Waals surface area contributed by atoms with Gasteiger partial charge in [-0.2, -0.15) is 5.10 Å². The standard InChI is InChI=1S/C14H20Br2N4S/c1-4-17-13(11-5-6-12(16)21-11)14-10(15)9-18-20(14)8-7-19(2)3/h5-6,9,13,17H,4,7-8H2,1-3H3. The van der Waals surface area contributed by atoms with Gasteiger partial charge in [0.25, 0.3) is 0 Å². The third-order valence-corrected chi connectivity index (χ3v) is 5.45. The van der Waals surface area contributed by atoms with Gasteiger partial charge in [-0.1, -0.05) is 6.92 Å². The zero-order valence-electron chi connectivity index (χ0n) is 12.4. The fourth-order valence-corrected chi connectivity index (χ4v) is 4.18. The Kier molecular flexibility index (Phi) is 6.43. The van der Waals surface area contributed by atoms with E-state index in [4.69, 9.17) is 0 Å². The Labute approximate surface area is 146 Å². The zero-order valence-corrected chi connectivity index (χ0v) is 16.4. The van der Waals surface area contributed by atoms with E-state index in [2.05, 4.69) is 85.0 Å². The first-order chi connectivity index (χ1) is 10.0. The molecule has 0 fully saturated rings. The number of aromatic nitrogens is 2. The van der Waals surface area contributed by atoms with Crippen LogP contribution in [0.5, 0.6) is 0 Å². The van der Waals surface area contributed by atoms with Gasteiger partial charge >= 0.3 is 0 Å². The molecule has 2 aromatic heterocycles. The second kappa shape index (κ2) is 7.87. The molecular weight excluding hydrogens is 416 g/mol. The minimum absolute atomic E-state index is 0.158. The van der Waals surface area contributed by atoms with Gasteiger partial charge in [0.15, 0.2) is 0 Å². The molecule has 0 radical (unpaired) electrons. The van der Waals surface area contributed by atoms with Crippen molar-refractivity contribution in [1.82, 2.24) is 20.0 Å². The molecule has 0 aromatic carbocycles. The number of thiophene rings is 1. The van der Waals surface area contributed by atoms with E-state index in [-0.39, 0.29) is 6.04 Å². The molecule has 0 amide bonds. The summed E-state index contributed by atoms with van der Waals surface area (Å²) in [6, 6.07) is 4.42. The molecule has 0 aliphatic heterocycles. The van der Waals surface area contributed by atoms with Crippen molar-refractivity contribution in [2.75, 3.05) is 27.2 Å². The maximum atomic E-state index is 4.52. The normalized spacial score (nSPS) is 13.0. The van der Waals surface area contributed by atoms with Crippen molar-refractivity contribution in [3.8, 4) is 0 Å². The molecule has 0 bridgehead atoms. The van der Waals surface area contributed by atoms with Crippen LogP contribution in [0.2, 0.25) is 0 Å². The van der Waals surface area contributed by atoms with Crippen LogP contribution in [0.25, 0.3) is 0 Å². The van der Waals surface area contributed by atoms with Crippen molar-refractivity contribution < 1.29 is 0 Å². The quantitative estimate of drug-likeness (QED) is 0.719. The topological polar surface area (TPSA) is 33.1 Å². The van der Waals surface area contributed by atoms with Gasteiger partial charge in [0.2, 0.25) is 0 Å². The van der Waals surface area contributed by atoms with E-state index in [1.165, 1.54) is 10.6 Å². The minimum atomic E-state index is 0.158. The smallest absolute Gasteiger partial charge is 0.0853 e.